The third kappa shape index (κ3) is 3.48. The summed E-state index contributed by atoms with van der Waals surface area (Å²) in [7, 11) is 0. The lowest BCUT2D eigenvalue weighted by Gasteiger charge is -2.08. The summed E-state index contributed by atoms with van der Waals surface area (Å²) >= 11 is 1.64. The second kappa shape index (κ2) is 6.48. The molecule has 88 valence electrons. The van der Waals surface area contributed by atoms with Crippen LogP contribution in [0.25, 0.3) is 0 Å². The molecule has 0 radical (unpaired) electrons. The van der Waals surface area contributed by atoms with E-state index in [0.717, 1.165) is 24.3 Å². The maximum Gasteiger partial charge on any atom is 0.190 e. The summed E-state index contributed by atoms with van der Waals surface area (Å²) in [5.74, 6) is -1.22. The molecular weight excluding hydrogens is 234 g/mol. The number of thioether (sulfide) groups is 1. The molecule has 0 bridgehead atoms. The molecule has 1 aromatic rings. The number of aldehydes is 1. The van der Waals surface area contributed by atoms with Crippen molar-refractivity contribution < 1.29 is 18.3 Å². The number of carbonyl (C=O) groups is 1. The smallest absolute Gasteiger partial charge is 0.190 e. The molecule has 0 spiro atoms. The molecule has 1 rings (SSSR count). The zero-order valence-electron chi connectivity index (χ0n) is 8.83. The second-order valence-corrected chi connectivity index (χ2v) is 4.11. The van der Waals surface area contributed by atoms with Gasteiger partial charge in [-0.25, -0.2) is 8.78 Å². The lowest BCUT2D eigenvalue weighted by Crippen LogP contribution is -2.03. The van der Waals surface area contributed by atoms with Gasteiger partial charge in [-0.1, -0.05) is 0 Å². The van der Waals surface area contributed by atoms with E-state index in [-0.39, 0.29) is 12.2 Å². The van der Waals surface area contributed by atoms with Gasteiger partial charge in [0, 0.05) is 5.56 Å². The van der Waals surface area contributed by atoms with Crippen molar-refractivity contribution in [3.05, 3.63) is 29.3 Å². The predicted octanol–water partition coefficient (Wildman–Crippen LogP) is 2.91. The first-order valence-corrected chi connectivity index (χ1v) is 6.14. The van der Waals surface area contributed by atoms with Gasteiger partial charge < -0.3 is 4.74 Å². The lowest BCUT2D eigenvalue weighted by molar-refractivity contribution is 0.112. The summed E-state index contributed by atoms with van der Waals surface area (Å²) in [4.78, 5) is 10.3. The highest BCUT2D eigenvalue weighted by molar-refractivity contribution is 7.98. The van der Waals surface area contributed by atoms with Crippen LogP contribution in [0, 0.1) is 11.6 Å². The van der Waals surface area contributed by atoms with E-state index in [1.165, 1.54) is 0 Å². The van der Waals surface area contributed by atoms with Gasteiger partial charge in [-0.2, -0.15) is 11.8 Å². The van der Waals surface area contributed by atoms with Crippen molar-refractivity contribution in [2.45, 2.75) is 6.42 Å². The Morgan fingerprint density at radius 1 is 1.38 bits per heavy atom. The Labute approximate surface area is 97.0 Å². The second-order valence-electron chi connectivity index (χ2n) is 3.13. The van der Waals surface area contributed by atoms with Gasteiger partial charge >= 0.3 is 0 Å². The molecule has 0 aliphatic carbocycles. The fourth-order valence-corrected chi connectivity index (χ4v) is 1.57. The first-order chi connectivity index (χ1) is 7.69. The topological polar surface area (TPSA) is 26.3 Å². The fourth-order valence-electron chi connectivity index (χ4n) is 1.16. The largest absolute Gasteiger partial charge is 0.488 e. The Morgan fingerprint density at radius 3 is 2.50 bits per heavy atom. The molecule has 0 aromatic heterocycles. The molecule has 0 fully saturated rings. The Bertz CT molecular complexity index is 346. The highest BCUT2D eigenvalue weighted by Gasteiger charge is 2.12. The maximum atomic E-state index is 13.3. The average molecular weight is 246 g/mol. The van der Waals surface area contributed by atoms with E-state index in [4.69, 9.17) is 4.74 Å². The van der Waals surface area contributed by atoms with Crippen molar-refractivity contribution in [2.75, 3.05) is 18.6 Å². The van der Waals surface area contributed by atoms with Crippen molar-refractivity contribution in [1.29, 1.82) is 0 Å². The molecule has 0 aliphatic rings. The molecule has 16 heavy (non-hydrogen) atoms. The molecule has 2 nitrogen and oxygen atoms in total. The molecule has 0 heterocycles. The average Bonchev–Trinajstić information content (AvgIpc) is 2.26. The minimum Gasteiger partial charge on any atom is -0.488 e. The molecule has 0 amide bonds. The highest BCUT2D eigenvalue weighted by Crippen LogP contribution is 2.22. The molecule has 1 aromatic carbocycles. The molecule has 0 aliphatic heterocycles. The molecule has 5 heteroatoms. The van der Waals surface area contributed by atoms with Gasteiger partial charge in [-0.15, -0.1) is 0 Å². The normalized spacial score (nSPS) is 10.2. The summed E-state index contributed by atoms with van der Waals surface area (Å²) < 4.78 is 31.5. The van der Waals surface area contributed by atoms with Crippen LogP contribution < -0.4 is 4.74 Å². The van der Waals surface area contributed by atoms with E-state index in [0.29, 0.717) is 6.29 Å². The van der Waals surface area contributed by atoms with Crippen molar-refractivity contribution >= 4 is 18.0 Å². The summed E-state index contributed by atoms with van der Waals surface area (Å²) in [5.41, 5.74) is -0.0357. The number of ether oxygens (including phenoxy) is 1. The quantitative estimate of drug-likeness (QED) is 0.570. The van der Waals surface area contributed by atoms with Gasteiger partial charge in [0.15, 0.2) is 17.4 Å². The molecule has 0 N–H and O–H groups in total. The third-order valence-corrected chi connectivity index (χ3v) is 2.59. The van der Waals surface area contributed by atoms with Crippen LogP contribution in [0.3, 0.4) is 0 Å². The molecule has 0 atom stereocenters. The van der Waals surface area contributed by atoms with Gasteiger partial charge in [0.25, 0.3) is 0 Å². The Morgan fingerprint density at radius 2 is 2.00 bits per heavy atom. The lowest BCUT2D eigenvalue weighted by atomic mass is 10.2. The van der Waals surface area contributed by atoms with Crippen molar-refractivity contribution in [1.82, 2.24) is 0 Å². The predicted molar refractivity (Wildman–Crippen MR) is 60.2 cm³/mol. The van der Waals surface area contributed by atoms with Crippen LogP contribution >= 0.6 is 11.8 Å². The summed E-state index contributed by atoms with van der Waals surface area (Å²) in [6.45, 7) is 0.259. The van der Waals surface area contributed by atoms with Crippen molar-refractivity contribution in [2.24, 2.45) is 0 Å². The van der Waals surface area contributed by atoms with Crippen molar-refractivity contribution in [3.8, 4) is 5.75 Å². The number of benzene rings is 1. The number of halogens is 2. The van der Waals surface area contributed by atoms with E-state index in [1.54, 1.807) is 11.8 Å². The molecule has 0 unspecified atom stereocenters. The van der Waals surface area contributed by atoms with Gasteiger partial charge in [0.2, 0.25) is 0 Å². The van der Waals surface area contributed by atoms with Crippen LogP contribution in [0.2, 0.25) is 0 Å². The van der Waals surface area contributed by atoms with Crippen molar-refractivity contribution in [3.63, 3.8) is 0 Å². The Balaban J connectivity index is 2.69. The first-order valence-electron chi connectivity index (χ1n) is 4.75. The van der Waals surface area contributed by atoms with E-state index in [2.05, 4.69) is 0 Å². The van der Waals surface area contributed by atoms with Crippen LogP contribution in [-0.4, -0.2) is 24.9 Å². The van der Waals surface area contributed by atoms with Gasteiger partial charge in [0.05, 0.1) is 6.61 Å². The standard InChI is InChI=1S/C11H12F2O2S/c1-16-4-2-3-15-11-9(12)5-8(7-14)6-10(11)13/h5-7H,2-4H2,1H3. The van der Waals surface area contributed by atoms with Gasteiger partial charge in [-0.05, 0) is 30.6 Å². The Kier molecular flexibility index (Phi) is 5.25. The van der Waals surface area contributed by atoms with Gasteiger partial charge in [-0.3, -0.25) is 4.79 Å². The Hall–Kier alpha value is -1.10. The van der Waals surface area contributed by atoms with Crippen LogP contribution in [0.1, 0.15) is 16.8 Å². The number of hydrogen-bond acceptors (Lipinski definition) is 3. The number of carbonyl (C=O) groups excluding carboxylic acids is 1. The number of rotatable bonds is 6. The zero-order chi connectivity index (χ0) is 12.0. The van der Waals surface area contributed by atoms with Crippen LogP contribution in [0.5, 0.6) is 5.75 Å². The molecule has 0 saturated heterocycles. The number of hydrogen-bond donors (Lipinski definition) is 0. The fraction of sp³-hybridized carbons (Fsp3) is 0.364. The zero-order valence-corrected chi connectivity index (χ0v) is 9.65. The summed E-state index contributed by atoms with van der Waals surface area (Å²) in [6.07, 6.45) is 3.05. The van der Waals surface area contributed by atoms with E-state index < -0.39 is 17.4 Å². The van der Waals surface area contributed by atoms with E-state index in [9.17, 15) is 13.6 Å². The van der Waals surface area contributed by atoms with Crippen LogP contribution in [-0.2, 0) is 0 Å². The van der Waals surface area contributed by atoms with Crippen LogP contribution in [0.4, 0.5) is 8.78 Å². The van der Waals surface area contributed by atoms with Gasteiger partial charge in [0.1, 0.15) is 6.29 Å². The van der Waals surface area contributed by atoms with E-state index >= 15 is 0 Å². The molecular formula is C11H12F2O2S. The summed E-state index contributed by atoms with van der Waals surface area (Å²) in [6, 6.07) is 1.92. The highest BCUT2D eigenvalue weighted by atomic mass is 32.2. The minimum atomic E-state index is -0.841. The van der Waals surface area contributed by atoms with E-state index in [1.807, 2.05) is 6.26 Å². The van der Waals surface area contributed by atoms with Crippen LogP contribution in [0.15, 0.2) is 12.1 Å². The summed E-state index contributed by atoms with van der Waals surface area (Å²) in [5, 5.41) is 0. The third-order valence-electron chi connectivity index (χ3n) is 1.90. The SMILES string of the molecule is CSCCCOc1c(F)cc(C=O)cc1F. The maximum absolute atomic E-state index is 13.3. The molecule has 0 saturated carbocycles. The monoisotopic (exact) mass is 246 g/mol. The first kappa shape index (κ1) is 13.0. The minimum absolute atomic E-state index is 0.0357.